The minimum Gasteiger partial charge on any atom is -0.490 e. The highest BCUT2D eigenvalue weighted by molar-refractivity contribution is 5.63. The molecule has 6 nitrogen and oxygen atoms in total. The molecule has 0 saturated carbocycles. The van der Waals surface area contributed by atoms with Crippen molar-refractivity contribution in [2.45, 2.75) is 39.5 Å². The quantitative estimate of drug-likeness (QED) is 0.418. The molecule has 1 heterocycles. The molecule has 1 aromatic carbocycles. The van der Waals surface area contributed by atoms with Crippen molar-refractivity contribution in [3.8, 4) is 22.9 Å². The fraction of sp³-hybridized carbons (Fsp3) is 0.545. The second-order valence-corrected chi connectivity index (χ2v) is 6.37. The molecule has 0 aliphatic rings. The Hall–Kier alpha value is -2.18. The molecule has 0 N–H and O–H groups in total. The van der Waals surface area contributed by atoms with E-state index < -0.39 is 0 Å². The highest BCUT2D eigenvalue weighted by Crippen LogP contribution is 2.27. The van der Waals surface area contributed by atoms with Crippen LogP contribution in [-0.2, 0) is 9.47 Å². The van der Waals surface area contributed by atoms with Gasteiger partial charge in [0.1, 0.15) is 19.0 Å². The summed E-state index contributed by atoms with van der Waals surface area (Å²) in [7, 11) is 0. The Bertz CT molecular complexity index is 649. The fourth-order valence-electron chi connectivity index (χ4n) is 2.43. The summed E-state index contributed by atoms with van der Waals surface area (Å²) < 4.78 is 22.5. The first kappa shape index (κ1) is 22.1. The molecule has 0 aliphatic carbocycles. The second kappa shape index (κ2) is 13.9. The van der Waals surface area contributed by atoms with Crippen LogP contribution >= 0.6 is 0 Å². The van der Waals surface area contributed by atoms with Crippen LogP contribution in [0.15, 0.2) is 36.7 Å². The average Bonchev–Trinajstić information content (AvgIpc) is 2.74. The van der Waals surface area contributed by atoms with E-state index in [4.69, 9.17) is 18.9 Å². The van der Waals surface area contributed by atoms with Crippen molar-refractivity contribution >= 4 is 0 Å². The largest absolute Gasteiger partial charge is 0.490 e. The number of hydrogen-bond acceptors (Lipinski definition) is 6. The van der Waals surface area contributed by atoms with Crippen LogP contribution in [0.2, 0.25) is 0 Å². The van der Waals surface area contributed by atoms with Gasteiger partial charge in [0, 0.05) is 13.2 Å². The van der Waals surface area contributed by atoms with Gasteiger partial charge in [-0.3, -0.25) is 0 Å². The Balaban J connectivity index is 1.82. The van der Waals surface area contributed by atoms with Crippen LogP contribution in [0.25, 0.3) is 11.4 Å². The molecule has 0 fully saturated rings. The summed E-state index contributed by atoms with van der Waals surface area (Å²) in [5, 5.41) is 0. The average molecular weight is 389 g/mol. The predicted octanol–water partition coefficient (Wildman–Crippen LogP) is 4.53. The first-order valence-electron chi connectivity index (χ1n) is 10.2. The van der Waals surface area contributed by atoms with E-state index in [1.54, 1.807) is 12.4 Å². The summed E-state index contributed by atoms with van der Waals surface area (Å²) in [5.41, 5.74) is 0.852. The van der Waals surface area contributed by atoms with Gasteiger partial charge in [-0.05, 0) is 25.0 Å². The summed E-state index contributed by atoms with van der Waals surface area (Å²) in [6.07, 6.45) is 7.77. The van der Waals surface area contributed by atoms with E-state index in [1.807, 2.05) is 24.3 Å². The van der Waals surface area contributed by atoms with E-state index >= 15 is 0 Å². The highest BCUT2D eigenvalue weighted by Gasteiger charge is 2.09. The predicted molar refractivity (Wildman–Crippen MR) is 110 cm³/mol. The molecule has 0 radical (unpaired) electrons. The van der Waals surface area contributed by atoms with Gasteiger partial charge >= 0.3 is 0 Å². The number of para-hydroxylation sites is 1. The second-order valence-electron chi connectivity index (χ2n) is 6.37. The van der Waals surface area contributed by atoms with Crippen LogP contribution in [0.3, 0.4) is 0 Å². The van der Waals surface area contributed by atoms with Crippen LogP contribution in [-0.4, -0.2) is 49.6 Å². The van der Waals surface area contributed by atoms with Gasteiger partial charge in [-0.1, -0.05) is 38.8 Å². The third-order valence-corrected chi connectivity index (χ3v) is 4.02. The topological polar surface area (TPSA) is 62.7 Å². The smallest absolute Gasteiger partial charge is 0.163 e. The van der Waals surface area contributed by atoms with Crippen LogP contribution in [0.1, 0.15) is 39.5 Å². The molecule has 0 atom stereocenters. The Morgan fingerprint density at radius 1 is 0.714 bits per heavy atom. The summed E-state index contributed by atoms with van der Waals surface area (Å²) in [6.45, 7) is 7.97. The molecule has 0 saturated heterocycles. The van der Waals surface area contributed by atoms with Gasteiger partial charge in [0.25, 0.3) is 0 Å². The molecule has 1 aromatic heterocycles. The van der Waals surface area contributed by atoms with Crippen molar-refractivity contribution in [3.63, 3.8) is 0 Å². The van der Waals surface area contributed by atoms with Crippen molar-refractivity contribution in [2.75, 3.05) is 39.6 Å². The number of nitrogens with zero attached hydrogens (tertiary/aromatic N) is 2. The number of benzene rings is 1. The van der Waals surface area contributed by atoms with Crippen molar-refractivity contribution < 1.29 is 18.9 Å². The number of ether oxygens (including phenoxy) is 4. The first-order chi connectivity index (χ1) is 13.8. The molecule has 6 heteroatoms. The van der Waals surface area contributed by atoms with Crippen molar-refractivity contribution in [1.29, 1.82) is 0 Å². The lowest BCUT2D eigenvalue weighted by Crippen LogP contribution is -2.09. The normalized spacial score (nSPS) is 10.8. The highest BCUT2D eigenvalue weighted by atomic mass is 16.5. The zero-order valence-corrected chi connectivity index (χ0v) is 17.1. The van der Waals surface area contributed by atoms with Gasteiger partial charge in [-0.25, -0.2) is 9.97 Å². The van der Waals surface area contributed by atoms with E-state index in [-0.39, 0.29) is 0 Å². The molecule has 0 unspecified atom stereocenters. The number of aromatic nitrogens is 2. The van der Waals surface area contributed by atoms with Crippen LogP contribution in [0.5, 0.6) is 11.5 Å². The SMILES string of the molecule is CCCCOCCOc1cnc(-c2ccccc2OCCOCCCC)nc1. The zero-order valence-electron chi connectivity index (χ0n) is 17.1. The maximum Gasteiger partial charge on any atom is 0.163 e. The summed E-state index contributed by atoms with van der Waals surface area (Å²) in [4.78, 5) is 8.84. The zero-order chi connectivity index (χ0) is 19.9. The molecule has 2 aromatic rings. The van der Waals surface area contributed by atoms with Gasteiger partial charge < -0.3 is 18.9 Å². The minimum atomic E-state index is 0.490. The maximum absolute atomic E-state index is 5.86. The molecule has 28 heavy (non-hydrogen) atoms. The molecule has 0 amide bonds. The molecule has 2 rings (SSSR count). The summed E-state index contributed by atoms with van der Waals surface area (Å²) >= 11 is 0. The lowest BCUT2D eigenvalue weighted by Gasteiger charge is -2.11. The first-order valence-corrected chi connectivity index (χ1v) is 10.2. The van der Waals surface area contributed by atoms with Crippen LogP contribution < -0.4 is 9.47 Å². The van der Waals surface area contributed by atoms with E-state index in [9.17, 15) is 0 Å². The van der Waals surface area contributed by atoms with Crippen molar-refractivity contribution in [1.82, 2.24) is 9.97 Å². The number of unbranched alkanes of at least 4 members (excludes halogenated alkanes) is 2. The van der Waals surface area contributed by atoms with Gasteiger partial charge in [-0.2, -0.15) is 0 Å². The van der Waals surface area contributed by atoms with Gasteiger partial charge in [0.2, 0.25) is 0 Å². The van der Waals surface area contributed by atoms with E-state index in [1.165, 1.54) is 0 Å². The Morgan fingerprint density at radius 3 is 1.96 bits per heavy atom. The Labute approximate surface area is 168 Å². The molecule has 0 bridgehead atoms. The van der Waals surface area contributed by atoms with Gasteiger partial charge in [0.05, 0.1) is 31.2 Å². The number of rotatable bonds is 15. The fourth-order valence-corrected chi connectivity index (χ4v) is 2.43. The summed E-state index contributed by atoms with van der Waals surface area (Å²) in [5.74, 6) is 1.99. The maximum atomic E-state index is 5.86. The molecule has 0 spiro atoms. The third-order valence-electron chi connectivity index (χ3n) is 4.02. The lowest BCUT2D eigenvalue weighted by atomic mass is 10.2. The standard InChI is InChI=1S/C22H32N2O4/c1-3-5-11-25-13-15-27-19-17-23-22(24-18-19)20-9-7-8-10-21(20)28-16-14-26-12-6-4-2/h7-10,17-18H,3-6,11-16H2,1-2H3. The third kappa shape index (κ3) is 8.23. The monoisotopic (exact) mass is 388 g/mol. The van der Waals surface area contributed by atoms with E-state index in [0.717, 1.165) is 50.2 Å². The van der Waals surface area contributed by atoms with E-state index in [2.05, 4.69) is 23.8 Å². The lowest BCUT2D eigenvalue weighted by molar-refractivity contribution is 0.0977. The van der Waals surface area contributed by atoms with Crippen molar-refractivity contribution in [2.24, 2.45) is 0 Å². The van der Waals surface area contributed by atoms with Crippen LogP contribution in [0, 0.1) is 0 Å². The molecular formula is C22H32N2O4. The Morgan fingerprint density at radius 2 is 1.32 bits per heavy atom. The molecule has 0 aliphatic heterocycles. The number of hydrogen-bond donors (Lipinski definition) is 0. The van der Waals surface area contributed by atoms with Crippen molar-refractivity contribution in [3.05, 3.63) is 36.7 Å². The van der Waals surface area contributed by atoms with Crippen LogP contribution in [0.4, 0.5) is 0 Å². The van der Waals surface area contributed by atoms with Gasteiger partial charge in [-0.15, -0.1) is 0 Å². The Kier molecular flexibility index (Phi) is 11.0. The molecule has 154 valence electrons. The minimum absolute atomic E-state index is 0.490. The van der Waals surface area contributed by atoms with Gasteiger partial charge in [0.15, 0.2) is 11.6 Å². The van der Waals surface area contributed by atoms with E-state index in [0.29, 0.717) is 38.0 Å². The summed E-state index contributed by atoms with van der Waals surface area (Å²) in [6, 6.07) is 7.75. The molecular weight excluding hydrogens is 356 g/mol.